The van der Waals surface area contributed by atoms with Gasteiger partial charge in [-0.25, -0.2) is 9.18 Å². The van der Waals surface area contributed by atoms with Gasteiger partial charge >= 0.3 is 11.9 Å². The summed E-state index contributed by atoms with van der Waals surface area (Å²) in [4.78, 5) is 21.3. The number of esters is 1. The Morgan fingerprint density at radius 1 is 1.47 bits per heavy atom. The minimum atomic E-state index is -1.13. The van der Waals surface area contributed by atoms with E-state index in [9.17, 15) is 14.0 Å². The van der Waals surface area contributed by atoms with Crippen LogP contribution in [-0.2, 0) is 20.1 Å². The molecule has 1 rings (SSSR count). The molecule has 0 aliphatic heterocycles. The lowest BCUT2D eigenvalue weighted by Gasteiger charge is -2.03. The average molecular weight is 284 g/mol. The Hall–Kier alpha value is -1.82. The summed E-state index contributed by atoms with van der Waals surface area (Å²) in [7, 11) is 1.32. The number of benzene rings is 1. The van der Waals surface area contributed by atoms with Gasteiger partial charge in [0.25, 0.3) is 0 Å². The molecule has 0 spiro atoms. The first-order chi connectivity index (χ1) is 9.02. The lowest BCUT2D eigenvalue weighted by Crippen LogP contribution is -2.03. The first-order valence-electron chi connectivity index (χ1n) is 5.37. The molecule has 1 aromatic carbocycles. The summed E-state index contributed by atoms with van der Waals surface area (Å²) in [5, 5.41) is 8.50. The van der Waals surface area contributed by atoms with Crippen molar-refractivity contribution >= 4 is 29.8 Å². The molecule has 0 aromatic heterocycles. The first-order valence-corrected chi connectivity index (χ1v) is 6.52. The van der Waals surface area contributed by atoms with Gasteiger partial charge in [0.1, 0.15) is 5.82 Å². The highest BCUT2D eigenvalue weighted by Crippen LogP contribution is 2.17. The molecule has 19 heavy (non-hydrogen) atoms. The fourth-order valence-corrected chi connectivity index (χ4v) is 2.08. The average Bonchev–Trinajstić information content (AvgIpc) is 2.38. The largest absolute Gasteiger partial charge is 0.478 e. The summed E-state index contributed by atoms with van der Waals surface area (Å²) in [5.74, 6) is -1.21. The third kappa shape index (κ3) is 5.56. The summed E-state index contributed by atoms with van der Waals surface area (Å²) in [6.07, 6.45) is 2.08. The summed E-state index contributed by atoms with van der Waals surface area (Å²) in [6.45, 7) is 0. The molecular formula is C13H13FO4S. The molecule has 4 nitrogen and oxygen atoms in total. The SMILES string of the molecule is COC(=O)CSCc1ccc(F)c(C=CC(=O)O)c1. The third-order valence-electron chi connectivity index (χ3n) is 2.18. The monoisotopic (exact) mass is 284 g/mol. The van der Waals surface area contributed by atoms with E-state index in [2.05, 4.69) is 4.74 Å². The van der Waals surface area contributed by atoms with E-state index < -0.39 is 11.8 Å². The van der Waals surface area contributed by atoms with Crippen LogP contribution in [0.15, 0.2) is 24.3 Å². The van der Waals surface area contributed by atoms with Gasteiger partial charge in [-0.05, 0) is 23.8 Å². The molecule has 0 radical (unpaired) electrons. The van der Waals surface area contributed by atoms with E-state index in [1.807, 2.05) is 0 Å². The summed E-state index contributed by atoms with van der Waals surface area (Å²) >= 11 is 1.34. The number of carbonyl (C=O) groups excluding carboxylic acids is 1. The van der Waals surface area contributed by atoms with Gasteiger partial charge in [0.05, 0.1) is 12.9 Å². The van der Waals surface area contributed by atoms with Gasteiger partial charge in [0.15, 0.2) is 0 Å². The zero-order valence-corrected chi connectivity index (χ0v) is 11.1. The molecule has 6 heteroatoms. The van der Waals surface area contributed by atoms with Crippen LogP contribution in [-0.4, -0.2) is 29.9 Å². The van der Waals surface area contributed by atoms with Crippen LogP contribution in [0.1, 0.15) is 11.1 Å². The van der Waals surface area contributed by atoms with E-state index in [-0.39, 0.29) is 17.3 Å². The summed E-state index contributed by atoms with van der Waals surface area (Å²) in [5.41, 5.74) is 1.01. The second-order valence-corrected chi connectivity index (χ2v) is 4.58. The van der Waals surface area contributed by atoms with Crippen molar-refractivity contribution in [2.75, 3.05) is 12.9 Å². The van der Waals surface area contributed by atoms with Crippen molar-refractivity contribution < 1.29 is 23.8 Å². The van der Waals surface area contributed by atoms with Crippen LogP contribution in [0.3, 0.4) is 0 Å². The van der Waals surface area contributed by atoms with Crippen LogP contribution < -0.4 is 0 Å². The Balaban J connectivity index is 2.68. The Labute approximate surface area is 114 Å². The Morgan fingerprint density at radius 3 is 2.84 bits per heavy atom. The number of thioether (sulfide) groups is 1. The van der Waals surface area contributed by atoms with E-state index in [4.69, 9.17) is 5.11 Å². The zero-order valence-electron chi connectivity index (χ0n) is 10.3. The molecular weight excluding hydrogens is 271 g/mol. The third-order valence-corrected chi connectivity index (χ3v) is 3.16. The van der Waals surface area contributed by atoms with Crippen LogP contribution in [0.25, 0.3) is 6.08 Å². The van der Waals surface area contributed by atoms with E-state index in [0.717, 1.165) is 11.6 Å². The molecule has 0 heterocycles. The summed E-state index contributed by atoms with van der Waals surface area (Å²) in [6, 6.07) is 4.42. The smallest absolute Gasteiger partial charge is 0.328 e. The topological polar surface area (TPSA) is 63.6 Å². The predicted molar refractivity (Wildman–Crippen MR) is 71.2 cm³/mol. The van der Waals surface area contributed by atoms with Crippen molar-refractivity contribution in [2.24, 2.45) is 0 Å². The van der Waals surface area contributed by atoms with Crippen molar-refractivity contribution in [3.05, 3.63) is 41.2 Å². The number of hydrogen-bond acceptors (Lipinski definition) is 4. The molecule has 0 aliphatic rings. The fourth-order valence-electron chi connectivity index (χ4n) is 1.28. The quantitative estimate of drug-likeness (QED) is 0.641. The number of hydrogen-bond donors (Lipinski definition) is 1. The number of carboxylic acid groups (broad SMARTS) is 1. The molecule has 0 fully saturated rings. The van der Waals surface area contributed by atoms with E-state index in [1.165, 1.54) is 31.0 Å². The van der Waals surface area contributed by atoms with E-state index in [1.54, 1.807) is 12.1 Å². The predicted octanol–water partition coefficient (Wildman–Crippen LogP) is 2.33. The second-order valence-electron chi connectivity index (χ2n) is 3.60. The molecule has 0 unspecified atom stereocenters. The molecule has 0 saturated carbocycles. The standard InChI is InChI=1S/C13H13FO4S/c1-18-13(17)8-19-7-9-2-4-11(14)10(6-9)3-5-12(15)16/h2-6H,7-8H2,1H3,(H,15,16). The molecule has 0 saturated heterocycles. The highest BCUT2D eigenvalue weighted by molar-refractivity contribution is 7.99. The van der Waals surface area contributed by atoms with Crippen LogP contribution in [0.2, 0.25) is 0 Å². The highest BCUT2D eigenvalue weighted by atomic mass is 32.2. The van der Waals surface area contributed by atoms with Crippen molar-refractivity contribution in [2.45, 2.75) is 5.75 Å². The molecule has 0 aliphatic carbocycles. The van der Waals surface area contributed by atoms with Crippen molar-refractivity contribution in [3.8, 4) is 0 Å². The minimum absolute atomic E-state index is 0.207. The summed E-state index contributed by atoms with van der Waals surface area (Å²) < 4.78 is 17.9. The first kappa shape index (κ1) is 15.2. The Morgan fingerprint density at radius 2 is 2.21 bits per heavy atom. The Kier molecular flexibility index (Phi) is 6.08. The van der Waals surface area contributed by atoms with Gasteiger partial charge in [-0.1, -0.05) is 6.07 Å². The van der Waals surface area contributed by atoms with Crippen molar-refractivity contribution in [3.63, 3.8) is 0 Å². The molecule has 1 N–H and O–H groups in total. The van der Waals surface area contributed by atoms with Gasteiger partial charge in [0, 0.05) is 17.4 Å². The van der Waals surface area contributed by atoms with Gasteiger partial charge in [0.2, 0.25) is 0 Å². The highest BCUT2D eigenvalue weighted by Gasteiger charge is 2.04. The molecule has 0 atom stereocenters. The van der Waals surface area contributed by atoms with Gasteiger partial charge in [-0.15, -0.1) is 11.8 Å². The second kappa shape index (κ2) is 7.58. The van der Waals surface area contributed by atoms with Gasteiger partial charge < -0.3 is 9.84 Å². The van der Waals surface area contributed by atoms with Crippen LogP contribution >= 0.6 is 11.8 Å². The van der Waals surface area contributed by atoms with Crippen LogP contribution in [0.5, 0.6) is 0 Å². The normalized spacial score (nSPS) is 10.6. The van der Waals surface area contributed by atoms with Gasteiger partial charge in [-0.3, -0.25) is 4.79 Å². The number of aliphatic carboxylic acids is 1. The van der Waals surface area contributed by atoms with Crippen LogP contribution in [0.4, 0.5) is 4.39 Å². The number of halogens is 1. The maximum atomic E-state index is 13.4. The van der Waals surface area contributed by atoms with Crippen LogP contribution in [0, 0.1) is 5.82 Å². The van der Waals surface area contributed by atoms with Crippen molar-refractivity contribution in [1.29, 1.82) is 0 Å². The fraction of sp³-hybridized carbons (Fsp3) is 0.231. The Bertz CT molecular complexity index is 499. The van der Waals surface area contributed by atoms with E-state index >= 15 is 0 Å². The lowest BCUT2D eigenvalue weighted by molar-refractivity contribution is -0.137. The zero-order chi connectivity index (χ0) is 14.3. The molecule has 0 bridgehead atoms. The maximum absolute atomic E-state index is 13.4. The number of carbonyl (C=O) groups is 2. The number of methoxy groups -OCH3 is 1. The van der Waals surface area contributed by atoms with Gasteiger partial charge in [-0.2, -0.15) is 0 Å². The van der Waals surface area contributed by atoms with Crippen molar-refractivity contribution in [1.82, 2.24) is 0 Å². The number of carboxylic acids is 1. The number of rotatable bonds is 6. The molecule has 0 amide bonds. The minimum Gasteiger partial charge on any atom is -0.478 e. The maximum Gasteiger partial charge on any atom is 0.328 e. The van der Waals surface area contributed by atoms with E-state index in [0.29, 0.717) is 5.75 Å². The number of ether oxygens (including phenoxy) is 1. The molecule has 102 valence electrons. The lowest BCUT2D eigenvalue weighted by atomic mass is 10.1. The molecule has 1 aromatic rings.